The van der Waals surface area contributed by atoms with Gasteiger partial charge in [0.15, 0.2) is 0 Å². The van der Waals surface area contributed by atoms with Gasteiger partial charge in [-0.1, -0.05) is 6.08 Å². The van der Waals surface area contributed by atoms with E-state index in [1.165, 1.54) is 13.0 Å². The first-order valence-corrected chi connectivity index (χ1v) is 4.59. The molecule has 5 nitrogen and oxygen atoms in total. The summed E-state index contributed by atoms with van der Waals surface area (Å²) >= 11 is 0. The Kier molecular flexibility index (Phi) is 4.84. The number of alkyl carbamates (subject to hydrolysis) is 1. The minimum Gasteiger partial charge on any atom is -0.478 e. The number of hydrogen-bond donors (Lipinski definition) is 2. The highest BCUT2D eigenvalue weighted by Gasteiger charge is 2.15. The van der Waals surface area contributed by atoms with Crippen molar-refractivity contribution in [3.63, 3.8) is 0 Å². The molecular weight excluding hydrogens is 198 g/mol. The number of ether oxygens (including phenoxy) is 1. The second kappa shape index (κ2) is 5.38. The Balaban J connectivity index is 3.93. The van der Waals surface area contributed by atoms with Crippen LogP contribution in [0.5, 0.6) is 0 Å². The summed E-state index contributed by atoms with van der Waals surface area (Å²) in [5.41, 5.74) is -0.360. The minimum absolute atomic E-state index is 0.146. The smallest absolute Gasteiger partial charge is 0.407 e. The minimum atomic E-state index is -0.999. The van der Waals surface area contributed by atoms with Crippen LogP contribution >= 0.6 is 0 Å². The number of carboxylic acids is 1. The summed E-state index contributed by atoms with van der Waals surface area (Å²) in [4.78, 5) is 21.5. The van der Waals surface area contributed by atoms with Gasteiger partial charge in [0.25, 0.3) is 0 Å². The van der Waals surface area contributed by atoms with Crippen molar-refractivity contribution in [3.05, 3.63) is 11.6 Å². The zero-order valence-corrected chi connectivity index (χ0v) is 9.46. The topological polar surface area (TPSA) is 75.6 Å². The van der Waals surface area contributed by atoms with Gasteiger partial charge in [-0.05, 0) is 27.7 Å². The molecule has 0 fully saturated rings. The zero-order chi connectivity index (χ0) is 12.1. The predicted octanol–water partition coefficient (Wildman–Crippen LogP) is 1.54. The molecule has 0 heterocycles. The van der Waals surface area contributed by atoms with E-state index in [1.807, 2.05) is 0 Å². The van der Waals surface area contributed by atoms with Crippen LogP contribution in [0.25, 0.3) is 0 Å². The highest BCUT2D eigenvalue weighted by atomic mass is 16.6. The van der Waals surface area contributed by atoms with Crippen molar-refractivity contribution in [1.29, 1.82) is 0 Å². The van der Waals surface area contributed by atoms with Crippen molar-refractivity contribution >= 4 is 12.1 Å². The molecule has 0 spiro atoms. The third kappa shape index (κ3) is 7.54. The van der Waals surface area contributed by atoms with E-state index in [9.17, 15) is 9.59 Å². The lowest BCUT2D eigenvalue weighted by Crippen LogP contribution is -2.32. The van der Waals surface area contributed by atoms with E-state index in [1.54, 1.807) is 20.8 Å². The lowest BCUT2D eigenvalue weighted by molar-refractivity contribution is -0.132. The molecule has 0 aliphatic rings. The van der Waals surface area contributed by atoms with Gasteiger partial charge in [0.2, 0.25) is 0 Å². The number of nitrogens with one attached hydrogen (secondary N) is 1. The van der Waals surface area contributed by atoms with Crippen LogP contribution in [0.15, 0.2) is 11.6 Å². The van der Waals surface area contributed by atoms with Crippen molar-refractivity contribution in [2.75, 3.05) is 6.54 Å². The summed E-state index contributed by atoms with van der Waals surface area (Å²) < 4.78 is 4.95. The van der Waals surface area contributed by atoms with Crippen LogP contribution in [0.2, 0.25) is 0 Å². The summed E-state index contributed by atoms with van der Waals surface area (Å²) in [6.07, 6.45) is 0.851. The Morgan fingerprint density at radius 3 is 2.33 bits per heavy atom. The normalized spacial score (nSPS) is 12.1. The Hall–Kier alpha value is -1.52. The maximum Gasteiger partial charge on any atom is 0.407 e. The maximum atomic E-state index is 11.1. The second-order valence-corrected chi connectivity index (χ2v) is 4.08. The average Bonchev–Trinajstić information content (AvgIpc) is 2.00. The van der Waals surface area contributed by atoms with Gasteiger partial charge in [-0.25, -0.2) is 9.59 Å². The van der Waals surface area contributed by atoms with Crippen molar-refractivity contribution in [2.24, 2.45) is 0 Å². The maximum absolute atomic E-state index is 11.1. The third-order valence-corrected chi connectivity index (χ3v) is 1.39. The summed E-state index contributed by atoms with van der Waals surface area (Å²) in [6.45, 7) is 6.87. The molecule has 0 atom stereocenters. The molecule has 15 heavy (non-hydrogen) atoms. The predicted molar refractivity (Wildman–Crippen MR) is 55.6 cm³/mol. The lowest BCUT2D eigenvalue weighted by atomic mass is 10.2. The van der Waals surface area contributed by atoms with E-state index >= 15 is 0 Å². The van der Waals surface area contributed by atoms with Gasteiger partial charge in [-0.2, -0.15) is 0 Å². The van der Waals surface area contributed by atoms with Gasteiger partial charge in [-0.3, -0.25) is 0 Å². The van der Waals surface area contributed by atoms with Gasteiger partial charge < -0.3 is 15.2 Å². The Morgan fingerprint density at radius 1 is 1.40 bits per heavy atom. The molecule has 0 saturated heterocycles. The Morgan fingerprint density at radius 2 is 1.93 bits per heavy atom. The fourth-order valence-corrected chi connectivity index (χ4v) is 0.689. The molecule has 0 rings (SSSR count). The van der Waals surface area contributed by atoms with Crippen molar-refractivity contribution < 1.29 is 19.4 Å². The highest BCUT2D eigenvalue weighted by Crippen LogP contribution is 2.06. The molecule has 0 radical (unpaired) electrons. The number of rotatable bonds is 3. The second-order valence-electron chi connectivity index (χ2n) is 4.08. The highest BCUT2D eigenvalue weighted by molar-refractivity contribution is 5.85. The third-order valence-electron chi connectivity index (χ3n) is 1.39. The largest absolute Gasteiger partial charge is 0.478 e. The molecule has 1 amide bonds. The van der Waals surface area contributed by atoms with Crippen LogP contribution in [0.3, 0.4) is 0 Å². The van der Waals surface area contributed by atoms with Gasteiger partial charge in [0.05, 0.1) is 0 Å². The number of hydrogen-bond acceptors (Lipinski definition) is 3. The standard InChI is InChI=1S/C10H17NO4/c1-7(8(12)13)5-6-11-9(14)15-10(2,3)4/h5H,6H2,1-4H3,(H,11,14)(H,12,13)/b7-5-. The van der Waals surface area contributed by atoms with E-state index < -0.39 is 17.7 Å². The van der Waals surface area contributed by atoms with E-state index in [-0.39, 0.29) is 12.1 Å². The van der Waals surface area contributed by atoms with Crippen LogP contribution < -0.4 is 5.32 Å². The number of carbonyl (C=O) groups is 2. The molecule has 0 unspecified atom stereocenters. The van der Waals surface area contributed by atoms with Crippen LogP contribution in [0, 0.1) is 0 Å². The Labute approximate surface area is 89.1 Å². The van der Waals surface area contributed by atoms with Crippen LogP contribution in [-0.2, 0) is 9.53 Å². The number of aliphatic carboxylic acids is 1. The van der Waals surface area contributed by atoms with Crippen LogP contribution in [0.4, 0.5) is 4.79 Å². The van der Waals surface area contributed by atoms with E-state index in [0.29, 0.717) is 0 Å². The first-order valence-electron chi connectivity index (χ1n) is 4.59. The molecule has 0 aromatic carbocycles. The monoisotopic (exact) mass is 215 g/mol. The molecule has 0 aromatic rings. The van der Waals surface area contributed by atoms with Crippen molar-refractivity contribution in [2.45, 2.75) is 33.3 Å². The van der Waals surface area contributed by atoms with Crippen molar-refractivity contribution in [1.82, 2.24) is 5.32 Å². The van der Waals surface area contributed by atoms with Gasteiger partial charge in [-0.15, -0.1) is 0 Å². The first-order chi connectivity index (χ1) is 6.72. The summed E-state index contributed by atoms with van der Waals surface area (Å²) in [7, 11) is 0. The molecule has 0 saturated carbocycles. The first kappa shape index (κ1) is 13.5. The lowest BCUT2D eigenvalue weighted by Gasteiger charge is -2.19. The van der Waals surface area contributed by atoms with E-state index in [0.717, 1.165) is 0 Å². The fourth-order valence-electron chi connectivity index (χ4n) is 0.689. The SMILES string of the molecule is C/C(=C/CNC(=O)OC(C)(C)C)C(=O)O. The quantitative estimate of drug-likeness (QED) is 0.700. The molecule has 0 aliphatic heterocycles. The molecular formula is C10H17NO4. The number of carbonyl (C=O) groups excluding carboxylic acids is 1. The zero-order valence-electron chi connectivity index (χ0n) is 9.46. The number of amides is 1. The van der Waals surface area contributed by atoms with Gasteiger partial charge in [0.1, 0.15) is 5.60 Å². The fraction of sp³-hybridized carbons (Fsp3) is 0.600. The average molecular weight is 215 g/mol. The van der Waals surface area contributed by atoms with Gasteiger partial charge >= 0.3 is 12.1 Å². The van der Waals surface area contributed by atoms with Crippen LogP contribution in [-0.4, -0.2) is 29.3 Å². The van der Waals surface area contributed by atoms with E-state index in [2.05, 4.69) is 5.32 Å². The Bertz CT molecular complexity index is 276. The molecule has 0 bridgehead atoms. The number of carboxylic acid groups (broad SMARTS) is 1. The summed E-state index contributed by atoms with van der Waals surface area (Å²) in [6, 6.07) is 0. The molecule has 86 valence electrons. The molecule has 0 aliphatic carbocycles. The van der Waals surface area contributed by atoms with Crippen LogP contribution in [0.1, 0.15) is 27.7 Å². The molecule has 0 aromatic heterocycles. The summed E-state index contributed by atoms with van der Waals surface area (Å²) in [5.74, 6) is -0.999. The molecule has 5 heteroatoms. The van der Waals surface area contributed by atoms with E-state index in [4.69, 9.17) is 9.84 Å². The van der Waals surface area contributed by atoms with Crippen molar-refractivity contribution in [3.8, 4) is 0 Å². The van der Waals surface area contributed by atoms with Gasteiger partial charge in [0, 0.05) is 12.1 Å². The molecule has 2 N–H and O–H groups in total. The summed E-state index contributed by atoms with van der Waals surface area (Å²) in [5, 5.41) is 10.9.